The Morgan fingerprint density at radius 1 is 1.12 bits per heavy atom. The molecule has 25 heavy (non-hydrogen) atoms. The van der Waals surface area contributed by atoms with Crippen LogP contribution < -0.4 is 10.6 Å². The summed E-state index contributed by atoms with van der Waals surface area (Å²) in [6, 6.07) is 14.1. The Balaban J connectivity index is 0.00000312. The summed E-state index contributed by atoms with van der Waals surface area (Å²) in [6.45, 7) is 6.13. The molecule has 0 saturated heterocycles. The number of aliphatic imine (C=N–C) groups is 1. The first-order chi connectivity index (χ1) is 11.6. The van der Waals surface area contributed by atoms with E-state index in [2.05, 4.69) is 27.8 Å². The van der Waals surface area contributed by atoms with E-state index in [0.29, 0.717) is 13.1 Å². The van der Waals surface area contributed by atoms with Crippen LogP contribution >= 0.6 is 24.0 Å². The normalized spacial score (nSPS) is 11.7. The molecule has 5 nitrogen and oxygen atoms in total. The van der Waals surface area contributed by atoms with E-state index in [1.807, 2.05) is 44.2 Å². The van der Waals surface area contributed by atoms with E-state index >= 15 is 0 Å². The van der Waals surface area contributed by atoms with Gasteiger partial charge < -0.3 is 19.8 Å². The summed E-state index contributed by atoms with van der Waals surface area (Å²) in [6.07, 6.45) is 2.51. The molecule has 2 N–H and O–H groups in total. The fourth-order valence-electron chi connectivity index (χ4n) is 2.06. The van der Waals surface area contributed by atoms with Crippen molar-refractivity contribution < 1.29 is 9.15 Å². The number of hydrogen-bond donors (Lipinski definition) is 2. The molecule has 0 fully saturated rings. The monoisotopic (exact) mass is 457 g/mol. The number of nitrogens with zero attached hydrogens (tertiary/aromatic N) is 1. The molecule has 6 heteroatoms. The zero-order chi connectivity index (χ0) is 17.3. The van der Waals surface area contributed by atoms with Crippen LogP contribution in [-0.2, 0) is 17.7 Å². The number of halogens is 1. The number of benzene rings is 1. The Morgan fingerprint density at radius 3 is 2.52 bits per heavy atom. The van der Waals surface area contributed by atoms with Crippen LogP contribution in [0, 0.1) is 0 Å². The number of ether oxygens (including phenoxy) is 1. The van der Waals surface area contributed by atoms with Gasteiger partial charge in [0.2, 0.25) is 0 Å². The standard InChI is InChI=1S/C19H27N3O2.HI/c1-19(2,23-3)15-22-18(20-12-11-17-10-7-13-24-17)21-14-16-8-5-4-6-9-16;/h4-10,13H,11-12,14-15H2,1-3H3,(H2,20,21,22);1H. The van der Waals surface area contributed by atoms with Crippen LogP contribution in [0.15, 0.2) is 58.1 Å². The average Bonchev–Trinajstić information content (AvgIpc) is 3.11. The third-order valence-corrected chi connectivity index (χ3v) is 3.74. The Hall–Kier alpha value is -1.54. The van der Waals surface area contributed by atoms with E-state index < -0.39 is 0 Å². The first kappa shape index (κ1) is 21.5. The topological polar surface area (TPSA) is 58.8 Å². The highest BCUT2D eigenvalue weighted by Gasteiger charge is 2.16. The summed E-state index contributed by atoms with van der Waals surface area (Å²) in [4.78, 5) is 4.66. The molecule has 2 rings (SSSR count). The predicted octanol–water partition coefficient (Wildman–Crippen LogP) is 3.60. The van der Waals surface area contributed by atoms with Crippen LogP contribution in [0.5, 0.6) is 0 Å². The summed E-state index contributed by atoms with van der Waals surface area (Å²) in [5.74, 6) is 1.73. The third-order valence-electron chi connectivity index (χ3n) is 3.74. The van der Waals surface area contributed by atoms with Gasteiger partial charge in [0.05, 0.1) is 18.4 Å². The van der Waals surface area contributed by atoms with Crippen molar-refractivity contribution >= 4 is 29.9 Å². The first-order valence-corrected chi connectivity index (χ1v) is 8.23. The molecule has 0 radical (unpaired) electrons. The number of guanidine groups is 1. The van der Waals surface area contributed by atoms with Crippen molar-refractivity contribution in [2.45, 2.75) is 32.4 Å². The van der Waals surface area contributed by atoms with Gasteiger partial charge in [-0.15, -0.1) is 24.0 Å². The molecule has 1 aromatic carbocycles. The van der Waals surface area contributed by atoms with Gasteiger partial charge in [-0.3, -0.25) is 0 Å². The maximum atomic E-state index is 5.45. The lowest BCUT2D eigenvalue weighted by atomic mass is 10.1. The lowest BCUT2D eigenvalue weighted by Gasteiger charge is -2.24. The molecule has 0 unspecified atom stereocenters. The second kappa shape index (κ2) is 11.1. The summed E-state index contributed by atoms with van der Waals surface area (Å²) in [5.41, 5.74) is 0.923. The summed E-state index contributed by atoms with van der Waals surface area (Å²) < 4.78 is 10.8. The van der Waals surface area contributed by atoms with Gasteiger partial charge in [-0.2, -0.15) is 0 Å². The minimum Gasteiger partial charge on any atom is -0.469 e. The largest absolute Gasteiger partial charge is 0.469 e. The fourth-order valence-corrected chi connectivity index (χ4v) is 2.06. The Bertz CT molecular complexity index is 613. The highest BCUT2D eigenvalue weighted by molar-refractivity contribution is 14.0. The van der Waals surface area contributed by atoms with Gasteiger partial charge in [-0.05, 0) is 31.5 Å². The molecule has 0 aliphatic heterocycles. The van der Waals surface area contributed by atoms with Gasteiger partial charge in [0, 0.05) is 26.6 Å². The Labute approximate surface area is 167 Å². The number of rotatable bonds is 8. The summed E-state index contributed by atoms with van der Waals surface area (Å²) >= 11 is 0. The molecule has 2 aromatic rings. The fraction of sp³-hybridized carbons (Fsp3) is 0.421. The molecule has 0 atom stereocenters. The second-order valence-corrected chi connectivity index (χ2v) is 6.22. The van der Waals surface area contributed by atoms with Crippen LogP contribution in [0.4, 0.5) is 0 Å². The number of nitrogens with one attached hydrogen (secondary N) is 2. The summed E-state index contributed by atoms with van der Waals surface area (Å²) in [7, 11) is 1.72. The molecule has 138 valence electrons. The predicted molar refractivity (Wildman–Crippen MR) is 113 cm³/mol. The molecule has 0 amide bonds. The van der Waals surface area contributed by atoms with E-state index in [1.165, 1.54) is 5.56 Å². The number of hydrogen-bond acceptors (Lipinski definition) is 3. The molecule has 0 saturated carbocycles. The minimum atomic E-state index is -0.254. The van der Waals surface area contributed by atoms with Crippen LogP contribution in [0.2, 0.25) is 0 Å². The molecule has 0 spiro atoms. The van der Waals surface area contributed by atoms with Crippen LogP contribution in [-0.4, -0.2) is 31.8 Å². The van der Waals surface area contributed by atoms with Crippen LogP contribution in [0.25, 0.3) is 0 Å². The van der Waals surface area contributed by atoms with E-state index in [4.69, 9.17) is 9.15 Å². The highest BCUT2D eigenvalue weighted by Crippen LogP contribution is 2.05. The number of methoxy groups -OCH3 is 1. The Morgan fingerprint density at radius 2 is 1.88 bits per heavy atom. The van der Waals surface area contributed by atoms with E-state index in [9.17, 15) is 0 Å². The van der Waals surface area contributed by atoms with Crippen LogP contribution in [0.1, 0.15) is 25.2 Å². The van der Waals surface area contributed by atoms with E-state index in [-0.39, 0.29) is 29.6 Å². The highest BCUT2D eigenvalue weighted by atomic mass is 127. The Kier molecular flexibility index (Phi) is 9.59. The van der Waals surface area contributed by atoms with E-state index in [1.54, 1.807) is 13.4 Å². The summed E-state index contributed by atoms with van der Waals surface area (Å²) in [5, 5.41) is 6.69. The minimum absolute atomic E-state index is 0. The SMILES string of the molecule is COC(C)(C)CNC(=NCc1ccccc1)NCCc1ccco1.I. The lowest BCUT2D eigenvalue weighted by molar-refractivity contribution is 0.0268. The first-order valence-electron chi connectivity index (χ1n) is 8.23. The zero-order valence-electron chi connectivity index (χ0n) is 15.1. The molecule has 1 heterocycles. The molecule has 0 aliphatic carbocycles. The van der Waals surface area contributed by atoms with Crippen molar-refractivity contribution in [1.82, 2.24) is 10.6 Å². The van der Waals surface area contributed by atoms with Gasteiger partial charge in [-0.1, -0.05) is 30.3 Å². The van der Waals surface area contributed by atoms with Gasteiger partial charge in [0.25, 0.3) is 0 Å². The molecule has 0 bridgehead atoms. The molecular formula is C19H28IN3O2. The van der Waals surface area contributed by atoms with Gasteiger partial charge in [-0.25, -0.2) is 4.99 Å². The maximum Gasteiger partial charge on any atom is 0.191 e. The molecule has 0 aliphatic rings. The molecule has 1 aromatic heterocycles. The van der Waals surface area contributed by atoms with E-state index in [0.717, 1.165) is 24.7 Å². The molecular weight excluding hydrogens is 429 g/mol. The van der Waals surface area contributed by atoms with Crippen molar-refractivity contribution in [2.75, 3.05) is 20.2 Å². The quantitative estimate of drug-likeness (QED) is 0.362. The number of furan rings is 1. The average molecular weight is 457 g/mol. The van der Waals surface area contributed by atoms with Crippen molar-refractivity contribution in [3.8, 4) is 0 Å². The third kappa shape index (κ3) is 8.40. The van der Waals surface area contributed by atoms with Gasteiger partial charge >= 0.3 is 0 Å². The van der Waals surface area contributed by atoms with Crippen LogP contribution in [0.3, 0.4) is 0 Å². The second-order valence-electron chi connectivity index (χ2n) is 6.22. The van der Waals surface area contributed by atoms with Crippen molar-refractivity contribution in [1.29, 1.82) is 0 Å². The lowest BCUT2D eigenvalue weighted by Crippen LogP contribution is -2.45. The van der Waals surface area contributed by atoms with Gasteiger partial charge in [0.1, 0.15) is 5.76 Å². The smallest absolute Gasteiger partial charge is 0.191 e. The van der Waals surface area contributed by atoms with Crippen molar-refractivity contribution in [3.05, 3.63) is 60.1 Å². The van der Waals surface area contributed by atoms with Gasteiger partial charge in [0.15, 0.2) is 5.96 Å². The maximum absolute atomic E-state index is 5.45. The zero-order valence-corrected chi connectivity index (χ0v) is 17.4. The van der Waals surface area contributed by atoms with Crippen molar-refractivity contribution in [3.63, 3.8) is 0 Å². The van der Waals surface area contributed by atoms with Crippen molar-refractivity contribution in [2.24, 2.45) is 4.99 Å².